The Labute approximate surface area is 142 Å². The largest absolute Gasteiger partial charge is 0.493 e. The molecule has 1 aliphatic rings. The van der Waals surface area contributed by atoms with E-state index >= 15 is 0 Å². The van der Waals surface area contributed by atoms with Crippen molar-refractivity contribution in [1.82, 2.24) is 4.90 Å². The third-order valence-electron chi connectivity index (χ3n) is 4.33. The van der Waals surface area contributed by atoms with Crippen LogP contribution in [0.5, 0.6) is 11.5 Å². The number of nitrogens with zero attached hydrogens (tertiary/aromatic N) is 1. The van der Waals surface area contributed by atoms with Gasteiger partial charge in [-0.3, -0.25) is 9.59 Å². The predicted molar refractivity (Wildman–Crippen MR) is 91.5 cm³/mol. The maximum atomic E-state index is 12.2. The minimum Gasteiger partial charge on any atom is -0.493 e. The van der Waals surface area contributed by atoms with Gasteiger partial charge in [0.25, 0.3) is 0 Å². The van der Waals surface area contributed by atoms with Crippen molar-refractivity contribution < 1.29 is 19.1 Å². The lowest BCUT2D eigenvalue weighted by molar-refractivity contribution is -0.132. The van der Waals surface area contributed by atoms with Crippen molar-refractivity contribution in [3.63, 3.8) is 0 Å². The SMILES string of the molecule is COc1cc(C(C)=O)ccc1OCCCC(=O)N1CCCC1CN. The fourth-order valence-corrected chi connectivity index (χ4v) is 2.96. The number of hydrogen-bond acceptors (Lipinski definition) is 5. The molecule has 1 heterocycles. The van der Waals surface area contributed by atoms with Crippen LogP contribution in [0.4, 0.5) is 0 Å². The van der Waals surface area contributed by atoms with Crippen molar-refractivity contribution in [2.24, 2.45) is 5.73 Å². The summed E-state index contributed by atoms with van der Waals surface area (Å²) in [5.41, 5.74) is 6.28. The van der Waals surface area contributed by atoms with E-state index in [-0.39, 0.29) is 17.7 Å². The number of rotatable bonds is 8. The van der Waals surface area contributed by atoms with Crippen molar-refractivity contribution in [3.8, 4) is 11.5 Å². The summed E-state index contributed by atoms with van der Waals surface area (Å²) in [4.78, 5) is 25.5. The zero-order chi connectivity index (χ0) is 17.5. The number of ketones is 1. The molecule has 1 amide bonds. The lowest BCUT2D eigenvalue weighted by atomic mass is 10.1. The summed E-state index contributed by atoms with van der Waals surface area (Å²) >= 11 is 0. The Bertz CT molecular complexity index is 588. The van der Waals surface area contributed by atoms with Crippen molar-refractivity contribution >= 4 is 11.7 Å². The first-order valence-electron chi connectivity index (χ1n) is 8.38. The summed E-state index contributed by atoms with van der Waals surface area (Å²) in [6, 6.07) is 5.29. The van der Waals surface area contributed by atoms with Crippen LogP contribution >= 0.6 is 0 Å². The average Bonchev–Trinajstić information content (AvgIpc) is 3.07. The third kappa shape index (κ3) is 4.47. The Morgan fingerprint density at radius 1 is 1.33 bits per heavy atom. The third-order valence-corrected chi connectivity index (χ3v) is 4.33. The smallest absolute Gasteiger partial charge is 0.222 e. The van der Waals surface area contributed by atoms with Crippen molar-refractivity contribution in [1.29, 1.82) is 0 Å². The molecular weight excluding hydrogens is 308 g/mol. The number of methoxy groups -OCH3 is 1. The van der Waals surface area contributed by atoms with Crippen LogP contribution in [0.1, 0.15) is 43.0 Å². The maximum absolute atomic E-state index is 12.2. The Hall–Kier alpha value is -2.08. The highest BCUT2D eigenvalue weighted by molar-refractivity contribution is 5.94. The molecular formula is C18H26N2O4. The van der Waals surface area contributed by atoms with Gasteiger partial charge in [0.15, 0.2) is 17.3 Å². The van der Waals surface area contributed by atoms with Gasteiger partial charge in [-0.05, 0) is 44.4 Å². The number of likely N-dealkylation sites (tertiary alicyclic amines) is 1. The zero-order valence-electron chi connectivity index (χ0n) is 14.4. The Balaban J connectivity index is 1.82. The summed E-state index contributed by atoms with van der Waals surface area (Å²) in [6.45, 7) is 3.26. The standard InChI is InChI=1S/C18H26N2O4/c1-13(21)14-7-8-16(17(11-14)23-2)24-10-4-6-18(22)20-9-3-5-15(20)12-19/h7-8,11,15H,3-6,9-10,12,19H2,1-2H3. The van der Waals surface area contributed by atoms with Crippen molar-refractivity contribution in [2.45, 2.75) is 38.6 Å². The number of benzene rings is 1. The van der Waals surface area contributed by atoms with Crippen LogP contribution in [0.2, 0.25) is 0 Å². The molecule has 0 saturated carbocycles. The van der Waals surface area contributed by atoms with Crippen LogP contribution < -0.4 is 15.2 Å². The number of ether oxygens (including phenoxy) is 2. The maximum Gasteiger partial charge on any atom is 0.222 e. The van der Waals surface area contributed by atoms with Gasteiger partial charge in [-0.1, -0.05) is 0 Å². The zero-order valence-corrected chi connectivity index (χ0v) is 14.4. The molecule has 1 atom stereocenters. The number of amides is 1. The number of carbonyl (C=O) groups excluding carboxylic acids is 2. The molecule has 6 nitrogen and oxygen atoms in total. The van der Waals surface area contributed by atoms with E-state index in [9.17, 15) is 9.59 Å². The van der Waals surface area contributed by atoms with E-state index in [4.69, 9.17) is 15.2 Å². The van der Waals surface area contributed by atoms with Crippen molar-refractivity contribution in [2.75, 3.05) is 26.8 Å². The van der Waals surface area contributed by atoms with E-state index in [0.717, 1.165) is 19.4 Å². The highest BCUT2D eigenvalue weighted by atomic mass is 16.5. The molecule has 1 aromatic carbocycles. The number of hydrogen-bond donors (Lipinski definition) is 1. The van der Waals surface area contributed by atoms with Gasteiger partial charge >= 0.3 is 0 Å². The predicted octanol–water partition coefficient (Wildman–Crippen LogP) is 2.01. The molecule has 1 aromatic rings. The summed E-state index contributed by atoms with van der Waals surface area (Å²) in [6.07, 6.45) is 3.11. The van der Waals surface area contributed by atoms with E-state index in [1.54, 1.807) is 18.2 Å². The molecule has 1 fully saturated rings. The molecule has 6 heteroatoms. The topological polar surface area (TPSA) is 81.9 Å². The first-order chi connectivity index (χ1) is 11.6. The average molecular weight is 334 g/mol. The van der Waals surface area contributed by atoms with E-state index in [1.807, 2.05) is 4.90 Å². The van der Waals surface area contributed by atoms with Crippen LogP contribution in [-0.4, -0.2) is 49.4 Å². The quantitative estimate of drug-likeness (QED) is 0.581. The molecule has 0 bridgehead atoms. The monoisotopic (exact) mass is 334 g/mol. The van der Waals surface area contributed by atoms with Crippen molar-refractivity contribution in [3.05, 3.63) is 23.8 Å². The van der Waals surface area contributed by atoms with Gasteiger partial charge < -0.3 is 20.1 Å². The van der Waals surface area contributed by atoms with Crippen LogP contribution in [-0.2, 0) is 4.79 Å². The van der Waals surface area contributed by atoms with Gasteiger partial charge in [-0.25, -0.2) is 0 Å². The fourth-order valence-electron chi connectivity index (χ4n) is 2.96. The fraction of sp³-hybridized carbons (Fsp3) is 0.556. The summed E-state index contributed by atoms with van der Waals surface area (Å²) in [7, 11) is 1.54. The van der Waals surface area contributed by atoms with E-state index in [2.05, 4.69) is 0 Å². The number of Topliss-reactive ketones (excluding diaryl/α,β-unsaturated/α-hetero) is 1. The van der Waals surface area contributed by atoms with Gasteiger partial charge in [-0.15, -0.1) is 0 Å². The second kappa shape index (κ2) is 8.68. The summed E-state index contributed by atoms with van der Waals surface area (Å²) in [5.74, 6) is 1.23. The van der Waals surface area contributed by atoms with Gasteiger partial charge in [0, 0.05) is 31.1 Å². The lowest BCUT2D eigenvalue weighted by Gasteiger charge is -2.23. The van der Waals surface area contributed by atoms with Crippen LogP contribution in [0.15, 0.2) is 18.2 Å². The molecule has 2 rings (SSSR count). The molecule has 0 radical (unpaired) electrons. The first kappa shape index (κ1) is 18.3. The molecule has 1 saturated heterocycles. The minimum absolute atomic E-state index is 0.0227. The Kier molecular flexibility index (Phi) is 6.61. The molecule has 0 aromatic heterocycles. The molecule has 1 aliphatic heterocycles. The van der Waals surface area contributed by atoms with Gasteiger partial charge in [-0.2, -0.15) is 0 Å². The second-order valence-electron chi connectivity index (χ2n) is 5.99. The molecule has 0 spiro atoms. The summed E-state index contributed by atoms with van der Waals surface area (Å²) < 4.78 is 11.0. The second-order valence-corrected chi connectivity index (χ2v) is 5.99. The van der Waals surface area contributed by atoms with Crippen LogP contribution in [0, 0.1) is 0 Å². The Morgan fingerprint density at radius 2 is 2.12 bits per heavy atom. The molecule has 132 valence electrons. The Morgan fingerprint density at radius 3 is 2.79 bits per heavy atom. The van der Waals surface area contributed by atoms with Gasteiger partial charge in [0.2, 0.25) is 5.91 Å². The van der Waals surface area contributed by atoms with E-state index < -0.39 is 0 Å². The van der Waals surface area contributed by atoms with E-state index in [1.165, 1.54) is 14.0 Å². The van der Waals surface area contributed by atoms with Crippen LogP contribution in [0.25, 0.3) is 0 Å². The van der Waals surface area contributed by atoms with Gasteiger partial charge in [0.05, 0.1) is 13.7 Å². The van der Waals surface area contributed by atoms with Crippen LogP contribution in [0.3, 0.4) is 0 Å². The first-order valence-corrected chi connectivity index (χ1v) is 8.38. The van der Waals surface area contributed by atoms with Gasteiger partial charge in [0.1, 0.15) is 0 Å². The lowest BCUT2D eigenvalue weighted by Crippen LogP contribution is -2.39. The highest BCUT2D eigenvalue weighted by Crippen LogP contribution is 2.28. The molecule has 24 heavy (non-hydrogen) atoms. The highest BCUT2D eigenvalue weighted by Gasteiger charge is 2.26. The molecule has 2 N–H and O–H groups in total. The number of carbonyl (C=O) groups is 2. The minimum atomic E-state index is -0.0227. The van der Waals surface area contributed by atoms with E-state index in [0.29, 0.717) is 43.1 Å². The number of nitrogens with two attached hydrogens (primary N) is 1. The molecule has 1 unspecified atom stereocenters. The summed E-state index contributed by atoms with van der Waals surface area (Å²) in [5, 5.41) is 0. The normalized spacial score (nSPS) is 17.0. The molecule has 0 aliphatic carbocycles.